The lowest BCUT2D eigenvalue weighted by atomic mass is 10.0. The molecule has 0 atom stereocenters. The van der Waals surface area contributed by atoms with Gasteiger partial charge in [-0.2, -0.15) is 0 Å². The molecule has 2 amide bonds. The van der Waals surface area contributed by atoms with Crippen LogP contribution in [0.3, 0.4) is 0 Å². The molecule has 0 aromatic heterocycles. The first-order chi connectivity index (χ1) is 9.90. The quantitative estimate of drug-likeness (QED) is 0.846. The van der Waals surface area contributed by atoms with E-state index in [1.165, 1.54) is 4.90 Å². The molecule has 21 heavy (non-hydrogen) atoms. The lowest BCUT2D eigenvalue weighted by molar-refractivity contribution is -0.137. The Kier molecular flexibility index (Phi) is 6.21. The van der Waals surface area contributed by atoms with Crippen LogP contribution in [0, 0.1) is 0 Å². The maximum absolute atomic E-state index is 12.4. The van der Waals surface area contributed by atoms with Crippen LogP contribution in [0.1, 0.15) is 38.8 Å². The molecule has 0 bridgehead atoms. The monoisotopic (exact) mass is 292 g/mol. The Balaban J connectivity index is 3.03. The molecule has 0 aliphatic carbocycles. The number of carboxylic acid groups (broad SMARTS) is 1. The van der Waals surface area contributed by atoms with Gasteiger partial charge in [0.05, 0.1) is 0 Å². The van der Waals surface area contributed by atoms with E-state index in [2.05, 4.69) is 5.32 Å². The summed E-state index contributed by atoms with van der Waals surface area (Å²) in [5, 5.41) is 11.8. The van der Waals surface area contributed by atoms with E-state index in [-0.39, 0.29) is 18.6 Å². The lowest BCUT2D eigenvalue weighted by Gasteiger charge is -2.26. The summed E-state index contributed by atoms with van der Waals surface area (Å²) in [6.45, 7) is 7.35. The summed E-state index contributed by atoms with van der Waals surface area (Å²) in [5.74, 6) is -1.02. The van der Waals surface area contributed by atoms with Gasteiger partial charge in [-0.15, -0.1) is 0 Å². The third-order valence-electron chi connectivity index (χ3n) is 3.42. The lowest BCUT2D eigenvalue weighted by Crippen LogP contribution is -2.43. The minimum Gasteiger partial charge on any atom is -0.480 e. The van der Waals surface area contributed by atoms with Gasteiger partial charge in [0.25, 0.3) is 0 Å². The Labute approximate surface area is 126 Å². The molecule has 2 N–H and O–H groups in total. The number of urea groups is 1. The van der Waals surface area contributed by atoms with Crippen molar-refractivity contribution in [3.63, 3.8) is 0 Å². The Morgan fingerprint density at radius 3 is 2.10 bits per heavy atom. The topological polar surface area (TPSA) is 69.6 Å². The molecule has 5 nitrogen and oxygen atoms in total. The zero-order valence-electron chi connectivity index (χ0n) is 13.1. The van der Waals surface area contributed by atoms with Crippen molar-refractivity contribution in [2.75, 3.05) is 11.9 Å². The van der Waals surface area contributed by atoms with E-state index in [4.69, 9.17) is 5.11 Å². The molecule has 0 aliphatic heterocycles. The van der Waals surface area contributed by atoms with Crippen LogP contribution in [0.25, 0.3) is 0 Å². The number of nitrogens with zero attached hydrogens (tertiary/aromatic N) is 1. The van der Waals surface area contributed by atoms with E-state index in [9.17, 15) is 9.59 Å². The third kappa shape index (κ3) is 4.48. The number of aliphatic carboxylic acids is 1. The minimum atomic E-state index is -1.02. The van der Waals surface area contributed by atoms with E-state index < -0.39 is 5.97 Å². The zero-order chi connectivity index (χ0) is 16.0. The van der Waals surface area contributed by atoms with Crippen molar-refractivity contribution in [2.45, 2.75) is 46.6 Å². The van der Waals surface area contributed by atoms with Crippen LogP contribution in [0.15, 0.2) is 18.2 Å². The van der Waals surface area contributed by atoms with Gasteiger partial charge in [0.1, 0.15) is 6.54 Å². The van der Waals surface area contributed by atoms with Gasteiger partial charge < -0.3 is 15.3 Å². The molecule has 0 radical (unpaired) electrons. The number of rotatable bonds is 6. The zero-order valence-corrected chi connectivity index (χ0v) is 13.1. The summed E-state index contributed by atoms with van der Waals surface area (Å²) in [5.41, 5.74) is 2.92. The minimum absolute atomic E-state index is 0.181. The van der Waals surface area contributed by atoms with Gasteiger partial charge in [-0.1, -0.05) is 32.0 Å². The second-order valence-electron chi connectivity index (χ2n) is 5.20. The Hall–Kier alpha value is -2.04. The molecular weight excluding hydrogens is 268 g/mol. The molecule has 1 aromatic carbocycles. The molecule has 0 spiro atoms. The van der Waals surface area contributed by atoms with E-state index in [0.29, 0.717) is 0 Å². The molecule has 0 unspecified atom stereocenters. The van der Waals surface area contributed by atoms with Gasteiger partial charge in [0.15, 0.2) is 0 Å². The molecule has 1 rings (SSSR count). The van der Waals surface area contributed by atoms with Gasteiger partial charge in [0, 0.05) is 11.7 Å². The van der Waals surface area contributed by atoms with Crippen LogP contribution in [0.5, 0.6) is 0 Å². The normalized spacial score (nSPS) is 10.5. The second-order valence-corrected chi connectivity index (χ2v) is 5.20. The number of benzene rings is 1. The molecular formula is C16H24N2O3. The number of hydrogen-bond donors (Lipinski definition) is 2. The molecule has 116 valence electrons. The first kappa shape index (κ1) is 17.0. The molecule has 0 aliphatic rings. The van der Waals surface area contributed by atoms with Gasteiger partial charge in [0.2, 0.25) is 0 Å². The number of nitrogens with one attached hydrogen (secondary N) is 1. The van der Waals surface area contributed by atoms with Crippen molar-refractivity contribution < 1.29 is 14.7 Å². The number of amides is 2. The molecule has 0 heterocycles. The second kappa shape index (κ2) is 7.67. The Bertz CT molecular complexity index is 490. The summed E-state index contributed by atoms with van der Waals surface area (Å²) in [6, 6.07) is 5.38. The van der Waals surface area contributed by atoms with E-state index in [1.807, 2.05) is 32.0 Å². The van der Waals surface area contributed by atoms with Gasteiger partial charge in [-0.3, -0.25) is 4.79 Å². The van der Waals surface area contributed by atoms with Crippen molar-refractivity contribution in [2.24, 2.45) is 0 Å². The fourth-order valence-electron chi connectivity index (χ4n) is 2.22. The third-order valence-corrected chi connectivity index (χ3v) is 3.42. The molecule has 0 fully saturated rings. The molecule has 0 saturated carbocycles. The van der Waals surface area contributed by atoms with Gasteiger partial charge in [-0.25, -0.2) is 4.79 Å². The standard InChI is InChI=1S/C16H24N2O3/c1-5-12-8-7-9-13(6-2)15(12)17-16(21)18(11(3)4)10-14(19)20/h7-9,11H,5-6,10H2,1-4H3,(H,17,21)(H,19,20). The number of anilines is 1. The van der Waals surface area contributed by atoms with Crippen LogP contribution in [0.4, 0.5) is 10.5 Å². The first-order valence-electron chi connectivity index (χ1n) is 7.30. The maximum atomic E-state index is 12.4. The predicted octanol–water partition coefficient (Wildman–Crippen LogP) is 3.14. The van der Waals surface area contributed by atoms with Gasteiger partial charge >= 0.3 is 12.0 Å². The number of aryl methyl sites for hydroxylation is 2. The number of carboxylic acids is 1. The number of carbonyl (C=O) groups is 2. The fraction of sp³-hybridized carbons (Fsp3) is 0.500. The number of carbonyl (C=O) groups excluding carboxylic acids is 1. The average molecular weight is 292 g/mol. The highest BCUT2D eigenvalue weighted by Gasteiger charge is 2.21. The highest BCUT2D eigenvalue weighted by molar-refractivity contribution is 5.93. The SMILES string of the molecule is CCc1cccc(CC)c1NC(=O)N(CC(=O)O)C(C)C. The highest BCUT2D eigenvalue weighted by Crippen LogP contribution is 2.23. The van der Waals surface area contributed by atoms with Crippen molar-refractivity contribution in [1.29, 1.82) is 0 Å². The van der Waals surface area contributed by atoms with Crippen molar-refractivity contribution in [1.82, 2.24) is 4.90 Å². The first-order valence-corrected chi connectivity index (χ1v) is 7.30. The summed E-state index contributed by atoms with van der Waals surface area (Å²) in [7, 11) is 0. The Morgan fingerprint density at radius 2 is 1.71 bits per heavy atom. The maximum Gasteiger partial charge on any atom is 0.323 e. The number of para-hydroxylation sites is 1. The predicted molar refractivity (Wildman–Crippen MR) is 83.7 cm³/mol. The van der Waals surface area contributed by atoms with Crippen LogP contribution in [-0.4, -0.2) is 34.6 Å². The van der Waals surface area contributed by atoms with Gasteiger partial charge in [-0.05, 0) is 37.8 Å². The van der Waals surface area contributed by atoms with Crippen molar-refractivity contribution in [3.8, 4) is 0 Å². The highest BCUT2D eigenvalue weighted by atomic mass is 16.4. The fourth-order valence-corrected chi connectivity index (χ4v) is 2.22. The molecule has 1 aromatic rings. The average Bonchev–Trinajstić information content (AvgIpc) is 2.44. The van der Waals surface area contributed by atoms with Crippen LogP contribution < -0.4 is 5.32 Å². The van der Waals surface area contributed by atoms with E-state index >= 15 is 0 Å². The smallest absolute Gasteiger partial charge is 0.323 e. The molecule has 0 saturated heterocycles. The van der Waals surface area contributed by atoms with Crippen LogP contribution >= 0.6 is 0 Å². The summed E-state index contributed by atoms with van der Waals surface area (Å²) < 4.78 is 0. The van der Waals surface area contributed by atoms with Crippen LogP contribution in [0.2, 0.25) is 0 Å². The largest absolute Gasteiger partial charge is 0.480 e. The summed E-state index contributed by atoms with van der Waals surface area (Å²) in [4.78, 5) is 24.6. The number of hydrogen-bond acceptors (Lipinski definition) is 2. The van der Waals surface area contributed by atoms with Crippen LogP contribution in [-0.2, 0) is 17.6 Å². The summed E-state index contributed by atoms with van der Waals surface area (Å²) >= 11 is 0. The van der Waals surface area contributed by atoms with E-state index in [1.54, 1.807) is 13.8 Å². The van der Waals surface area contributed by atoms with Crippen molar-refractivity contribution in [3.05, 3.63) is 29.3 Å². The van der Waals surface area contributed by atoms with E-state index in [0.717, 1.165) is 29.7 Å². The Morgan fingerprint density at radius 1 is 1.19 bits per heavy atom. The summed E-state index contributed by atoms with van der Waals surface area (Å²) in [6.07, 6.45) is 1.62. The van der Waals surface area contributed by atoms with Crippen molar-refractivity contribution >= 4 is 17.7 Å². The molecule has 5 heteroatoms.